The molecular formula is C17H13FN2O4. The summed E-state index contributed by atoms with van der Waals surface area (Å²) in [6.07, 6.45) is 0. The number of aryl methyl sites for hydroxylation is 1. The van der Waals surface area contributed by atoms with Gasteiger partial charge in [0.1, 0.15) is 11.5 Å². The van der Waals surface area contributed by atoms with Crippen LogP contribution in [-0.2, 0) is 6.54 Å². The molecule has 0 saturated heterocycles. The van der Waals surface area contributed by atoms with Crippen molar-refractivity contribution >= 4 is 22.3 Å². The molecule has 24 heavy (non-hydrogen) atoms. The van der Waals surface area contributed by atoms with Gasteiger partial charge in [0.05, 0.1) is 4.92 Å². The number of hydrogen-bond acceptors (Lipinski definition) is 5. The largest absolute Gasteiger partial charge is 0.414 e. The van der Waals surface area contributed by atoms with Crippen molar-refractivity contribution in [1.82, 2.24) is 0 Å². The number of nitrogens with one attached hydrogen (secondary N) is 1. The summed E-state index contributed by atoms with van der Waals surface area (Å²) in [6.45, 7) is 1.99. The number of benzene rings is 2. The Morgan fingerprint density at radius 3 is 2.58 bits per heavy atom. The predicted octanol–water partition coefficient (Wildman–Crippen LogP) is 3.76. The van der Waals surface area contributed by atoms with Gasteiger partial charge >= 0.3 is 11.3 Å². The highest BCUT2D eigenvalue weighted by atomic mass is 19.1. The average Bonchev–Trinajstić information content (AvgIpc) is 2.55. The molecule has 7 heteroatoms. The van der Waals surface area contributed by atoms with Crippen LogP contribution >= 0.6 is 0 Å². The summed E-state index contributed by atoms with van der Waals surface area (Å²) in [5.41, 5.74) is 0.597. The Morgan fingerprint density at radius 1 is 1.21 bits per heavy atom. The summed E-state index contributed by atoms with van der Waals surface area (Å²) in [6, 6.07) is 10.3. The monoisotopic (exact) mass is 328 g/mol. The Morgan fingerprint density at radius 2 is 1.92 bits per heavy atom. The normalized spacial score (nSPS) is 10.8. The van der Waals surface area contributed by atoms with E-state index in [0.29, 0.717) is 17.5 Å². The van der Waals surface area contributed by atoms with E-state index in [1.165, 1.54) is 24.3 Å². The molecule has 0 atom stereocenters. The molecule has 0 radical (unpaired) electrons. The lowest BCUT2D eigenvalue weighted by Crippen LogP contribution is -2.13. The van der Waals surface area contributed by atoms with E-state index in [9.17, 15) is 19.3 Å². The third-order valence-corrected chi connectivity index (χ3v) is 3.75. The average molecular weight is 328 g/mol. The molecular weight excluding hydrogens is 315 g/mol. The maximum Gasteiger partial charge on any atom is 0.360 e. The second-order valence-electron chi connectivity index (χ2n) is 5.28. The molecule has 0 saturated carbocycles. The molecule has 1 heterocycles. The molecule has 0 bridgehead atoms. The van der Waals surface area contributed by atoms with Crippen LogP contribution < -0.4 is 10.9 Å². The fraction of sp³-hybridized carbons (Fsp3) is 0.118. The van der Waals surface area contributed by atoms with E-state index in [-0.39, 0.29) is 22.8 Å². The first-order valence-electron chi connectivity index (χ1n) is 7.16. The summed E-state index contributed by atoms with van der Waals surface area (Å²) >= 11 is 0. The minimum absolute atomic E-state index is 0.0441. The topological polar surface area (TPSA) is 85.4 Å². The first-order chi connectivity index (χ1) is 11.5. The Kier molecular flexibility index (Phi) is 3.99. The summed E-state index contributed by atoms with van der Waals surface area (Å²) in [7, 11) is 0. The van der Waals surface area contributed by atoms with Crippen LogP contribution in [0.2, 0.25) is 0 Å². The Hall–Kier alpha value is -3.22. The van der Waals surface area contributed by atoms with Crippen molar-refractivity contribution in [2.75, 3.05) is 5.32 Å². The number of fused-ring (bicyclic) bond motifs is 1. The maximum absolute atomic E-state index is 12.9. The first kappa shape index (κ1) is 15.7. The molecule has 122 valence electrons. The number of para-hydroxylation sites is 1. The van der Waals surface area contributed by atoms with Crippen LogP contribution in [0.15, 0.2) is 51.7 Å². The lowest BCUT2D eigenvalue weighted by molar-refractivity contribution is -0.383. The van der Waals surface area contributed by atoms with Crippen LogP contribution in [0.25, 0.3) is 11.0 Å². The minimum Gasteiger partial charge on any atom is -0.414 e. The highest BCUT2D eigenvalue weighted by Gasteiger charge is 2.19. The van der Waals surface area contributed by atoms with Crippen molar-refractivity contribution in [2.45, 2.75) is 13.5 Å². The molecule has 3 rings (SSSR count). The first-order valence-corrected chi connectivity index (χ1v) is 7.16. The van der Waals surface area contributed by atoms with E-state index < -0.39 is 10.5 Å². The number of nitrogens with zero attached hydrogens (tertiary/aromatic N) is 1. The molecule has 6 nitrogen and oxygen atoms in total. The number of nitro benzene ring substituents is 1. The van der Waals surface area contributed by atoms with E-state index in [1.807, 2.05) is 0 Å². The van der Waals surface area contributed by atoms with E-state index >= 15 is 0 Å². The molecule has 0 fully saturated rings. The third-order valence-electron chi connectivity index (χ3n) is 3.75. The van der Waals surface area contributed by atoms with Gasteiger partial charge in [-0.15, -0.1) is 0 Å². The van der Waals surface area contributed by atoms with Gasteiger partial charge < -0.3 is 9.73 Å². The van der Waals surface area contributed by atoms with E-state index in [4.69, 9.17) is 4.42 Å². The zero-order valence-electron chi connectivity index (χ0n) is 12.7. The van der Waals surface area contributed by atoms with Crippen molar-refractivity contribution in [3.8, 4) is 0 Å². The molecule has 0 unspecified atom stereocenters. The molecule has 1 N–H and O–H groups in total. The summed E-state index contributed by atoms with van der Waals surface area (Å²) in [5.74, 6) is -0.340. The van der Waals surface area contributed by atoms with Crippen LogP contribution in [0.5, 0.6) is 0 Å². The number of anilines is 1. The fourth-order valence-electron chi connectivity index (χ4n) is 2.50. The SMILES string of the molecule is Cc1c(NCc2ccc(F)cc2)c(=O)oc2c([N+](=O)[O-])cccc12. The van der Waals surface area contributed by atoms with Gasteiger partial charge in [0.2, 0.25) is 5.58 Å². The van der Waals surface area contributed by atoms with Gasteiger partial charge in [-0.05, 0) is 30.2 Å². The zero-order chi connectivity index (χ0) is 17.3. The molecule has 2 aromatic carbocycles. The molecule has 0 aliphatic heterocycles. The van der Waals surface area contributed by atoms with Crippen LogP contribution in [0, 0.1) is 22.9 Å². The number of nitro groups is 1. The lowest BCUT2D eigenvalue weighted by atomic mass is 10.1. The highest BCUT2D eigenvalue weighted by Crippen LogP contribution is 2.29. The van der Waals surface area contributed by atoms with Crippen LogP contribution in [0.1, 0.15) is 11.1 Å². The molecule has 0 spiro atoms. The fourth-order valence-corrected chi connectivity index (χ4v) is 2.50. The van der Waals surface area contributed by atoms with E-state index in [0.717, 1.165) is 5.56 Å². The molecule has 0 aliphatic carbocycles. The van der Waals surface area contributed by atoms with Gasteiger partial charge in [-0.25, -0.2) is 9.18 Å². The second kappa shape index (κ2) is 6.11. The van der Waals surface area contributed by atoms with Gasteiger partial charge in [0.25, 0.3) is 0 Å². The summed E-state index contributed by atoms with van der Waals surface area (Å²) < 4.78 is 18.1. The minimum atomic E-state index is -0.684. The number of hydrogen-bond donors (Lipinski definition) is 1. The number of halogens is 1. The number of non-ortho nitro benzene ring substituents is 1. The summed E-state index contributed by atoms with van der Waals surface area (Å²) in [4.78, 5) is 22.7. The Bertz CT molecular complexity index is 980. The van der Waals surface area contributed by atoms with Crippen LogP contribution in [0.3, 0.4) is 0 Å². The Labute approximate surface area is 135 Å². The van der Waals surface area contributed by atoms with E-state index in [1.54, 1.807) is 25.1 Å². The van der Waals surface area contributed by atoms with Crippen LogP contribution in [0.4, 0.5) is 15.8 Å². The Balaban J connectivity index is 2.01. The zero-order valence-corrected chi connectivity index (χ0v) is 12.7. The van der Waals surface area contributed by atoms with Gasteiger partial charge in [-0.3, -0.25) is 10.1 Å². The van der Waals surface area contributed by atoms with Crippen molar-refractivity contribution in [2.24, 2.45) is 0 Å². The van der Waals surface area contributed by atoms with Gasteiger partial charge in [-0.2, -0.15) is 0 Å². The quantitative estimate of drug-likeness (QED) is 0.448. The molecule has 3 aromatic rings. The smallest absolute Gasteiger partial charge is 0.360 e. The van der Waals surface area contributed by atoms with Gasteiger partial charge in [-0.1, -0.05) is 24.3 Å². The van der Waals surface area contributed by atoms with E-state index in [2.05, 4.69) is 5.32 Å². The lowest BCUT2D eigenvalue weighted by Gasteiger charge is -2.10. The standard InChI is InChI=1S/C17H13FN2O4/c1-10-13-3-2-4-14(20(22)23)16(13)24-17(21)15(10)19-9-11-5-7-12(18)8-6-11/h2-8,19H,9H2,1H3. The van der Waals surface area contributed by atoms with Crippen molar-refractivity contribution in [1.29, 1.82) is 0 Å². The second-order valence-corrected chi connectivity index (χ2v) is 5.28. The van der Waals surface area contributed by atoms with Crippen molar-refractivity contribution in [3.05, 3.63) is 79.9 Å². The van der Waals surface area contributed by atoms with Gasteiger partial charge in [0, 0.05) is 18.0 Å². The van der Waals surface area contributed by atoms with Crippen molar-refractivity contribution in [3.63, 3.8) is 0 Å². The van der Waals surface area contributed by atoms with Gasteiger partial charge in [0.15, 0.2) is 0 Å². The molecule has 1 aromatic heterocycles. The third kappa shape index (κ3) is 2.83. The predicted molar refractivity (Wildman–Crippen MR) is 87.6 cm³/mol. The number of rotatable bonds is 4. The van der Waals surface area contributed by atoms with Crippen molar-refractivity contribution < 1.29 is 13.7 Å². The highest BCUT2D eigenvalue weighted by molar-refractivity contribution is 5.90. The molecule has 0 aliphatic rings. The maximum atomic E-state index is 12.9. The van der Waals surface area contributed by atoms with Crippen LogP contribution in [-0.4, -0.2) is 4.92 Å². The summed E-state index contributed by atoms with van der Waals surface area (Å²) in [5, 5.41) is 14.5. The molecule has 0 amide bonds.